The highest BCUT2D eigenvalue weighted by atomic mass is 16.3. The molecule has 1 fully saturated rings. The van der Waals surface area contributed by atoms with Gasteiger partial charge in [-0.1, -0.05) is 24.5 Å². The molecule has 1 saturated carbocycles. The molecule has 4 N–H and O–H groups in total. The monoisotopic (exact) mass is 248 g/mol. The molecular weight excluding hydrogens is 228 g/mol. The number of nitrogens with two attached hydrogens (primary N) is 1. The van der Waals surface area contributed by atoms with Crippen LogP contribution in [0.25, 0.3) is 0 Å². The van der Waals surface area contributed by atoms with Crippen molar-refractivity contribution in [3.05, 3.63) is 29.3 Å². The van der Waals surface area contributed by atoms with Crippen molar-refractivity contribution >= 4 is 11.6 Å². The molecule has 98 valence electrons. The third-order valence-corrected chi connectivity index (χ3v) is 3.50. The average molecular weight is 248 g/mol. The first-order valence-corrected chi connectivity index (χ1v) is 6.43. The van der Waals surface area contributed by atoms with E-state index in [1.165, 1.54) is 0 Å². The zero-order valence-corrected chi connectivity index (χ0v) is 10.6. The van der Waals surface area contributed by atoms with Crippen molar-refractivity contribution < 1.29 is 9.90 Å². The van der Waals surface area contributed by atoms with E-state index in [0.717, 1.165) is 31.2 Å². The van der Waals surface area contributed by atoms with Crippen LogP contribution in [0.4, 0.5) is 5.69 Å². The second-order valence-electron chi connectivity index (χ2n) is 5.02. The predicted molar refractivity (Wildman–Crippen MR) is 71.3 cm³/mol. The molecule has 0 saturated heterocycles. The maximum absolute atomic E-state index is 12.1. The number of rotatable bonds is 2. The van der Waals surface area contributed by atoms with E-state index in [1.807, 2.05) is 13.0 Å². The summed E-state index contributed by atoms with van der Waals surface area (Å²) in [5.41, 5.74) is 7.77. The highest BCUT2D eigenvalue weighted by Gasteiger charge is 2.25. The number of hydrogen-bond acceptors (Lipinski definition) is 3. The zero-order chi connectivity index (χ0) is 13.1. The van der Waals surface area contributed by atoms with Gasteiger partial charge < -0.3 is 16.2 Å². The largest absolute Gasteiger partial charge is 0.398 e. The van der Waals surface area contributed by atoms with Crippen molar-refractivity contribution in [1.29, 1.82) is 0 Å². The van der Waals surface area contributed by atoms with Gasteiger partial charge in [0.15, 0.2) is 0 Å². The molecule has 4 nitrogen and oxygen atoms in total. The fourth-order valence-electron chi connectivity index (χ4n) is 2.39. The summed E-state index contributed by atoms with van der Waals surface area (Å²) in [6.45, 7) is 1.92. The van der Waals surface area contributed by atoms with Crippen LogP contribution in [0.1, 0.15) is 41.6 Å². The molecule has 2 unspecified atom stereocenters. The van der Waals surface area contributed by atoms with E-state index in [-0.39, 0.29) is 11.9 Å². The zero-order valence-electron chi connectivity index (χ0n) is 10.6. The average Bonchev–Trinajstić information content (AvgIpc) is 2.35. The molecule has 0 heterocycles. The second-order valence-corrected chi connectivity index (χ2v) is 5.02. The first kappa shape index (κ1) is 12.9. The van der Waals surface area contributed by atoms with E-state index in [1.54, 1.807) is 12.1 Å². The normalized spacial score (nSPS) is 23.7. The molecule has 1 aromatic carbocycles. The number of nitrogens with one attached hydrogen (secondary N) is 1. The van der Waals surface area contributed by atoms with Crippen molar-refractivity contribution in [2.75, 3.05) is 5.73 Å². The number of amides is 1. The number of aliphatic hydroxyl groups is 1. The lowest BCUT2D eigenvalue weighted by Gasteiger charge is -2.28. The highest BCUT2D eigenvalue weighted by Crippen LogP contribution is 2.20. The minimum Gasteiger partial charge on any atom is -0.398 e. The number of hydrogen-bond donors (Lipinski definition) is 3. The van der Waals surface area contributed by atoms with Crippen molar-refractivity contribution in [1.82, 2.24) is 5.32 Å². The van der Waals surface area contributed by atoms with Gasteiger partial charge in [-0.15, -0.1) is 0 Å². The Morgan fingerprint density at radius 3 is 2.83 bits per heavy atom. The molecule has 1 amide bonds. The lowest BCUT2D eigenvalue weighted by atomic mass is 9.92. The van der Waals surface area contributed by atoms with E-state index < -0.39 is 6.10 Å². The van der Waals surface area contributed by atoms with Crippen LogP contribution < -0.4 is 11.1 Å². The van der Waals surface area contributed by atoms with Crippen molar-refractivity contribution in [3.63, 3.8) is 0 Å². The summed E-state index contributed by atoms with van der Waals surface area (Å²) in [4.78, 5) is 12.1. The van der Waals surface area contributed by atoms with Gasteiger partial charge >= 0.3 is 0 Å². The minimum atomic E-state index is -0.436. The number of nitrogen functional groups attached to an aromatic ring is 1. The first-order valence-electron chi connectivity index (χ1n) is 6.43. The molecule has 2 rings (SSSR count). The Balaban J connectivity index is 2.09. The number of aliphatic hydroxyl groups excluding tert-OH is 1. The fraction of sp³-hybridized carbons (Fsp3) is 0.500. The molecule has 4 heteroatoms. The summed E-state index contributed by atoms with van der Waals surface area (Å²) < 4.78 is 0. The fourth-order valence-corrected chi connectivity index (χ4v) is 2.39. The molecule has 1 aliphatic carbocycles. The van der Waals surface area contributed by atoms with Gasteiger partial charge in [0, 0.05) is 5.69 Å². The van der Waals surface area contributed by atoms with Crippen LogP contribution in [0.3, 0.4) is 0 Å². The molecule has 0 radical (unpaired) electrons. The summed E-state index contributed by atoms with van der Waals surface area (Å²) in [6.07, 6.45) is 3.23. The molecule has 1 aromatic rings. The van der Waals surface area contributed by atoms with E-state index in [4.69, 9.17) is 5.73 Å². The van der Waals surface area contributed by atoms with Gasteiger partial charge in [-0.05, 0) is 31.9 Å². The number of benzene rings is 1. The molecule has 2 atom stereocenters. The van der Waals surface area contributed by atoms with E-state index in [2.05, 4.69) is 5.32 Å². The Labute approximate surface area is 107 Å². The first-order chi connectivity index (χ1) is 8.58. The van der Waals surface area contributed by atoms with Gasteiger partial charge in [-0.25, -0.2) is 0 Å². The number of carbonyl (C=O) groups excluding carboxylic acids is 1. The molecule has 0 aromatic heterocycles. The van der Waals surface area contributed by atoms with E-state index >= 15 is 0 Å². The number of carbonyl (C=O) groups is 1. The smallest absolute Gasteiger partial charge is 0.253 e. The molecule has 18 heavy (non-hydrogen) atoms. The van der Waals surface area contributed by atoms with Crippen LogP contribution in [-0.2, 0) is 0 Å². The van der Waals surface area contributed by atoms with Gasteiger partial charge in [0.2, 0.25) is 0 Å². The van der Waals surface area contributed by atoms with Crippen LogP contribution in [-0.4, -0.2) is 23.2 Å². The van der Waals surface area contributed by atoms with Crippen LogP contribution in [0, 0.1) is 6.92 Å². The van der Waals surface area contributed by atoms with Gasteiger partial charge in [0.1, 0.15) is 0 Å². The lowest BCUT2D eigenvalue weighted by Crippen LogP contribution is -2.45. The standard InChI is InChI=1S/C14H20N2O2/c1-9-6-7-11(15)10(8-9)14(18)16-12-4-2-3-5-13(12)17/h6-8,12-13,17H,2-5,15H2,1H3,(H,16,18). The van der Waals surface area contributed by atoms with Crippen LogP contribution in [0.5, 0.6) is 0 Å². The molecule has 0 aliphatic heterocycles. The van der Waals surface area contributed by atoms with Gasteiger partial charge in [-0.3, -0.25) is 4.79 Å². The van der Waals surface area contributed by atoms with Gasteiger partial charge in [0.05, 0.1) is 17.7 Å². The summed E-state index contributed by atoms with van der Waals surface area (Å²) >= 11 is 0. The minimum absolute atomic E-state index is 0.147. The Hall–Kier alpha value is -1.55. The van der Waals surface area contributed by atoms with Crippen molar-refractivity contribution in [2.24, 2.45) is 0 Å². The summed E-state index contributed by atoms with van der Waals surface area (Å²) in [5.74, 6) is -0.192. The third-order valence-electron chi connectivity index (χ3n) is 3.50. The molecule has 0 bridgehead atoms. The third kappa shape index (κ3) is 2.82. The van der Waals surface area contributed by atoms with E-state index in [0.29, 0.717) is 11.3 Å². The Kier molecular flexibility index (Phi) is 3.87. The quantitative estimate of drug-likeness (QED) is 0.696. The summed E-state index contributed by atoms with van der Waals surface area (Å²) in [5, 5.41) is 12.7. The molecule has 0 spiro atoms. The Morgan fingerprint density at radius 1 is 1.39 bits per heavy atom. The maximum atomic E-state index is 12.1. The second kappa shape index (κ2) is 5.40. The highest BCUT2D eigenvalue weighted by molar-refractivity contribution is 5.99. The Morgan fingerprint density at radius 2 is 2.11 bits per heavy atom. The SMILES string of the molecule is Cc1ccc(N)c(C(=O)NC2CCCCC2O)c1. The number of aryl methyl sites for hydroxylation is 1. The van der Waals surface area contributed by atoms with Crippen molar-refractivity contribution in [3.8, 4) is 0 Å². The number of anilines is 1. The topological polar surface area (TPSA) is 75.4 Å². The summed E-state index contributed by atoms with van der Waals surface area (Å²) in [6, 6.07) is 5.24. The van der Waals surface area contributed by atoms with Crippen LogP contribution in [0.2, 0.25) is 0 Å². The predicted octanol–water partition coefficient (Wildman–Crippen LogP) is 1.61. The molecule has 1 aliphatic rings. The van der Waals surface area contributed by atoms with Crippen LogP contribution in [0.15, 0.2) is 18.2 Å². The van der Waals surface area contributed by atoms with Gasteiger partial charge in [-0.2, -0.15) is 0 Å². The van der Waals surface area contributed by atoms with Gasteiger partial charge in [0.25, 0.3) is 5.91 Å². The van der Waals surface area contributed by atoms with Crippen LogP contribution >= 0.6 is 0 Å². The maximum Gasteiger partial charge on any atom is 0.253 e. The van der Waals surface area contributed by atoms with Crippen molar-refractivity contribution in [2.45, 2.75) is 44.8 Å². The lowest BCUT2D eigenvalue weighted by molar-refractivity contribution is 0.0718. The Bertz CT molecular complexity index is 445. The van der Waals surface area contributed by atoms with E-state index in [9.17, 15) is 9.90 Å². The molecular formula is C14H20N2O2. The summed E-state index contributed by atoms with van der Waals surface area (Å²) in [7, 11) is 0.